The van der Waals surface area contributed by atoms with E-state index in [0.717, 1.165) is 5.69 Å². The molecule has 2 aliphatic rings. The summed E-state index contributed by atoms with van der Waals surface area (Å²) in [6.45, 7) is 4.49. The van der Waals surface area contributed by atoms with Crippen molar-refractivity contribution in [2.75, 3.05) is 5.73 Å². The maximum atomic E-state index is 6.39. The van der Waals surface area contributed by atoms with Gasteiger partial charge in [-0.2, -0.15) is 0 Å². The van der Waals surface area contributed by atoms with Crippen LogP contribution in [0.15, 0.2) is 6.08 Å². The zero-order valence-electron chi connectivity index (χ0n) is 11.6. The zero-order chi connectivity index (χ0) is 12.7. The molecule has 18 heavy (non-hydrogen) atoms. The van der Waals surface area contributed by atoms with Gasteiger partial charge in [-0.3, -0.25) is 0 Å². The monoisotopic (exact) mass is 241 g/mol. The van der Waals surface area contributed by atoms with Crippen LogP contribution in [0.4, 0.5) is 5.69 Å². The maximum absolute atomic E-state index is 6.39. The van der Waals surface area contributed by atoms with Crippen molar-refractivity contribution in [2.45, 2.75) is 52.4 Å². The second-order valence-electron chi connectivity index (χ2n) is 6.05. The van der Waals surface area contributed by atoms with E-state index in [4.69, 9.17) is 5.73 Å². The molecule has 1 heteroatoms. The van der Waals surface area contributed by atoms with Crippen LogP contribution in [0.25, 0.3) is 6.08 Å². The molecule has 96 valence electrons. The Kier molecular flexibility index (Phi) is 2.93. The van der Waals surface area contributed by atoms with Crippen LogP contribution in [0.3, 0.4) is 0 Å². The molecular weight excluding hydrogens is 218 g/mol. The van der Waals surface area contributed by atoms with E-state index in [9.17, 15) is 0 Å². The molecule has 0 aromatic heterocycles. The van der Waals surface area contributed by atoms with E-state index in [1.165, 1.54) is 55.2 Å². The molecule has 2 N–H and O–H groups in total. The summed E-state index contributed by atoms with van der Waals surface area (Å²) in [5, 5.41) is 0. The molecule has 0 saturated carbocycles. The van der Waals surface area contributed by atoms with E-state index in [1.807, 2.05) is 0 Å². The third-order valence-corrected chi connectivity index (χ3v) is 4.38. The normalized spacial score (nSPS) is 17.7. The van der Waals surface area contributed by atoms with Crippen LogP contribution in [-0.2, 0) is 25.7 Å². The predicted octanol–water partition coefficient (Wildman–Crippen LogP) is 3.92. The Hall–Kier alpha value is -1.24. The van der Waals surface area contributed by atoms with Crippen LogP contribution < -0.4 is 5.73 Å². The highest BCUT2D eigenvalue weighted by atomic mass is 14.6. The average Bonchev–Trinajstić information content (AvgIpc) is 2.95. The molecule has 0 spiro atoms. The van der Waals surface area contributed by atoms with Gasteiger partial charge in [-0.05, 0) is 72.3 Å². The van der Waals surface area contributed by atoms with Gasteiger partial charge in [-0.25, -0.2) is 0 Å². The van der Waals surface area contributed by atoms with E-state index in [1.54, 1.807) is 11.1 Å². The predicted molar refractivity (Wildman–Crippen MR) is 78.8 cm³/mol. The molecule has 0 atom stereocenters. The lowest BCUT2D eigenvalue weighted by Crippen LogP contribution is -2.03. The summed E-state index contributed by atoms with van der Waals surface area (Å²) in [5.74, 6) is 0.622. The summed E-state index contributed by atoms with van der Waals surface area (Å²) < 4.78 is 0. The molecule has 0 fully saturated rings. The fraction of sp³-hybridized carbons (Fsp3) is 0.529. The molecule has 0 radical (unpaired) electrons. The van der Waals surface area contributed by atoms with Crippen LogP contribution in [-0.4, -0.2) is 0 Å². The minimum atomic E-state index is 0.622. The molecule has 0 bridgehead atoms. The van der Waals surface area contributed by atoms with Crippen LogP contribution in [0.5, 0.6) is 0 Å². The molecule has 1 aromatic carbocycles. The number of anilines is 1. The van der Waals surface area contributed by atoms with Gasteiger partial charge in [-0.1, -0.05) is 26.0 Å². The van der Waals surface area contributed by atoms with Crippen molar-refractivity contribution in [1.29, 1.82) is 0 Å². The van der Waals surface area contributed by atoms with Crippen molar-refractivity contribution in [3.63, 3.8) is 0 Å². The fourth-order valence-electron chi connectivity index (χ4n) is 3.53. The number of nitrogen functional groups attached to an aromatic ring is 1. The lowest BCUT2D eigenvalue weighted by atomic mass is 9.91. The van der Waals surface area contributed by atoms with Crippen molar-refractivity contribution in [3.05, 3.63) is 33.9 Å². The number of benzene rings is 1. The summed E-state index contributed by atoms with van der Waals surface area (Å²) in [5.41, 5.74) is 15.1. The lowest BCUT2D eigenvalue weighted by Gasteiger charge is -2.15. The second-order valence-corrected chi connectivity index (χ2v) is 6.05. The lowest BCUT2D eigenvalue weighted by molar-refractivity contribution is 0.836. The molecule has 0 saturated heterocycles. The quantitative estimate of drug-likeness (QED) is 0.780. The maximum Gasteiger partial charge on any atom is 0.0385 e. The van der Waals surface area contributed by atoms with E-state index >= 15 is 0 Å². The van der Waals surface area contributed by atoms with Crippen LogP contribution >= 0.6 is 0 Å². The number of fused-ring (bicyclic) bond motifs is 2. The van der Waals surface area contributed by atoms with Crippen molar-refractivity contribution >= 4 is 11.8 Å². The zero-order valence-corrected chi connectivity index (χ0v) is 11.6. The van der Waals surface area contributed by atoms with Crippen molar-refractivity contribution in [2.24, 2.45) is 5.92 Å². The van der Waals surface area contributed by atoms with Gasteiger partial charge in [0.2, 0.25) is 0 Å². The third kappa shape index (κ3) is 1.77. The van der Waals surface area contributed by atoms with Crippen molar-refractivity contribution in [1.82, 2.24) is 0 Å². The Labute approximate surface area is 110 Å². The number of allylic oxidation sites excluding steroid dienone is 1. The summed E-state index contributed by atoms with van der Waals surface area (Å²) in [7, 11) is 0. The molecule has 0 aliphatic heterocycles. The largest absolute Gasteiger partial charge is 0.398 e. The smallest absolute Gasteiger partial charge is 0.0385 e. The van der Waals surface area contributed by atoms with E-state index in [2.05, 4.69) is 26.0 Å². The second kappa shape index (κ2) is 4.46. The van der Waals surface area contributed by atoms with E-state index in [0.29, 0.717) is 5.92 Å². The van der Waals surface area contributed by atoms with Gasteiger partial charge in [0.15, 0.2) is 0 Å². The SMILES string of the molecule is CC(C)/C=C/c1c2c(c(N)c3c1CCC3)CCC2. The first-order valence-electron chi connectivity index (χ1n) is 7.31. The molecular formula is C17H23N. The Morgan fingerprint density at radius 3 is 1.89 bits per heavy atom. The summed E-state index contributed by atoms with van der Waals surface area (Å²) in [6.07, 6.45) is 12.1. The van der Waals surface area contributed by atoms with Gasteiger partial charge in [0.1, 0.15) is 0 Å². The highest BCUT2D eigenvalue weighted by Gasteiger charge is 2.26. The van der Waals surface area contributed by atoms with Gasteiger partial charge >= 0.3 is 0 Å². The molecule has 1 aromatic rings. The van der Waals surface area contributed by atoms with E-state index < -0.39 is 0 Å². The van der Waals surface area contributed by atoms with Gasteiger partial charge < -0.3 is 5.73 Å². The highest BCUT2D eigenvalue weighted by molar-refractivity contribution is 5.73. The van der Waals surface area contributed by atoms with Gasteiger partial charge in [-0.15, -0.1) is 0 Å². The summed E-state index contributed by atoms with van der Waals surface area (Å²) >= 11 is 0. The first-order chi connectivity index (χ1) is 8.68. The molecule has 1 nitrogen and oxygen atoms in total. The van der Waals surface area contributed by atoms with Gasteiger partial charge in [0, 0.05) is 5.69 Å². The fourth-order valence-corrected chi connectivity index (χ4v) is 3.53. The Morgan fingerprint density at radius 2 is 1.39 bits per heavy atom. The first-order valence-corrected chi connectivity index (χ1v) is 7.31. The highest BCUT2D eigenvalue weighted by Crippen LogP contribution is 2.40. The standard InChI is InChI=1S/C17H23N/c1-11(2)9-10-14-12-5-3-7-15(12)17(18)16-8-4-6-13(14)16/h9-11H,3-8,18H2,1-2H3/b10-9+. The number of nitrogens with two attached hydrogens (primary N) is 1. The van der Waals surface area contributed by atoms with Gasteiger partial charge in [0.25, 0.3) is 0 Å². The average molecular weight is 241 g/mol. The number of hydrogen-bond acceptors (Lipinski definition) is 1. The molecule has 0 heterocycles. The van der Waals surface area contributed by atoms with E-state index in [-0.39, 0.29) is 0 Å². The Balaban J connectivity index is 2.18. The summed E-state index contributed by atoms with van der Waals surface area (Å²) in [6, 6.07) is 0. The minimum absolute atomic E-state index is 0.622. The molecule has 0 amide bonds. The molecule has 3 rings (SSSR count). The van der Waals surface area contributed by atoms with Crippen molar-refractivity contribution < 1.29 is 0 Å². The first kappa shape index (κ1) is 11.8. The third-order valence-electron chi connectivity index (χ3n) is 4.38. The molecule has 2 aliphatic carbocycles. The topological polar surface area (TPSA) is 26.0 Å². The van der Waals surface area contributed by atoms with Gasteiger partial charge in [0.05, 0.1) is 0 Å². The number of rotatable bonds is 2. The summed E-state index contributed by atoms with van der Waals surface area (Å²) in [4.78, 5) is 0. The minimum Gasteiger partial charge on any atom is -0.398 e. The van der Waals surface area contributed by atoms with Crippen LogP contribution in [0.1, 0.15) is 54.5 Å². The number of hydrogen-bond donors (Lipinski definition) is 1. The Morgan fingerprint density at radius 1 is 0.889 bits per heavy atom. The van der Waals surface area contributed by atoms with Crippen LogP contribution in [0.2, 0.25) is 0 Å². The van der Waals surface area contributed by atoms with Crippen molar-refractivity contribution in [3.8, 4) is 0 Å². The van der Waals surface area contributed by atoms with Crippen LogP contribution in [0, 0.1) is 5.92 Å². The molecule has 0 unspecified atom stereocenters. The Bertz CT molecular complexity index is 474.